The smallest absolute Gasteiger partial charge is 0.416 e. The molecule has 3 aromatic carbocycles. The summed E-state index contributed by atoms with van der Waals surface area (Å²) in [5.41, 5.74) is -0.558. The van der Waals surface area contributed by atoms with Crippen LogP contribution in [0.1, 0.15) is 76.4 Å². The van der Waals surface area contributed by atoms with E-state index in [9.17, 15) is 54.2 Å². The summed E-state index contributed by atoms with van der Waals surface area (Å²) in [4.78, 5) is 33.8. The lowest BCUT2D eigenvalue weighted by Crippen LogP contribution is -2.61. The molecule has 5 rings (SSSR count). The number of rotatable bonds is 8. The quantitative estimate of drug-likeness (QED) is 0.105. The molecule has 0 radical (unpaired) electrons. The molecule has 17 heteroatoms. The molecule has 4 aromatic rings. The van der Waals surface area contributed by atoms with Crippen molar-refractivity contribution < 1.29 is 58.9 Å². The van der Waals surface area contributed by atoms with Gasteiger partial charge in [0.2, 0.25) is 0 Å². The fourth-order valence-electron chi connectivity index (χ4n) is 6.20. The molecule has 0 aliphatic carbocycles. The van der Waals surface area contributed by atoms with E-state index in [2.05, 4.69) is 9.97 Å². The minimum Gasteiger partial charge on any atom is -0.465 e. The van der Waals surface area contributed by atoms with Crippen molar-refractivity contribution in [2.45, 2.75) is 62.4 Å². The van der Waals surface area contributed by atoms with Crippen LogP contribution in [-0.2, 0) is 34.7 Å². The molecule has 3 atom stereocenters. The Morgan fingerprint density at radius 2 is 1.49 bits per heavy atom. The first kappa shape index (κ1) is 38.8. The van der Waals surface area contributed by atoms with Gasteiger partial charge < -0.3 is 15.6 Å². The van der Waals surface area contributed by atoms with Crippen LogP contribution in [-0.4, -0.2) is 32.8 Å². The zero-order valence-corrected chi connectivity index (χ0v) is 27.4. The number of aromatic nitrogens is 2. The van der Waals surface area contributed by atoms with Crippen LogP contribution in [0.2, 0.25) is 0 Å². The second kappa shape index (κ2) is 14.5. The largest absolute Gasteiger partial charge is 0.465 e. The Labute approximate surface area is 295 Å². The lowest BCUT2D eigenvalue weighted by molar-refractivity contribution is -0.143. The number of nitrogens with zero attached hydrogens (tertiary/aromatic N) is 3. The third-order valence-corrected chi connectivity index (χ3v) is 8.79. The van der Waals surface area contributed by atoms with Gasteiger partial charge in [-0.25, -0.2) is 19.6 Å². The van der Waals surface area contributed by atoms with Crippen molar-refractivity contribution in [1.82, 2.24) is 9.97 Å². The van der Waals surface area contributed by atoms with Crippen LogP contribution in [0.3, 0.4) is 0 Å². The number of benzene rings is 3. The minimum absolute atomic E-state index is 0.0450. The molecule has 1 amide bonds. The molecule has 0 saturated carbocycles. The van der Waals surface area contributed by atoms with E-state index in [0.717, 1.165) is 24.5 Å². The second-order valence-electron chi connectivity index (χ2n) is 12.3. The number of alkyl halides is 9. The first-order valence-electron chi connectivity index (χ1n) is 15.7. The fourth-order valence-corrected chi connectivity index (χ4v) is 6.20. The maximum atomic E-state index is 14.1. The van der Waals surface area contributed by atoms with Crippen LogP contribution in [0.25, 0.3) is 6.08 Å². The van der Waals surface area contributed by atoms with Gasteiger partial charge in [-0.05, 0) is 72.0 Å². The number of nitrogens with two attached hydrogens (primary N) is 1. The highest BCUT2D eigenvalue weighted by molar-refractivity contribution is 5.90. The number of esters is 1. The van der Waals surface area contributed by atoms with E-state index in [4.69, 9.17) is 10.5 Å². The van der Waals surface area contributed by atoms with Crippen LogP contribution in [0.15, 0.2) is 85.2 Å². The van der Waals surface area contributed by atoms with Crippen molar-refractivity contribution in [3.63, 3.8) is 0 Å². The van der Waals surface area contributed by atoms with Crippen molar-refractivity contribution in [3.8, 4) is 0 Å². The van der Waals surface area contributed by atoms with Gasteiger partial charge in [-0.1, -0.05) is 37.3 Å². The lowest BCUT2D eigenvalue weighted by atomic mass is 9.71. The van der Waals surface area contributed by atoms with E-state index >= 15 is 0 Å². The fraction of sp³-hybridized carbons (Fsp3) is 0.278. The van der Waals surface area contributed by atoms with Gasteiger partial charge in [0.1, 0.15) is 12.4 Å². The average molecular weight is 753 g/mol. The summed E-state index contributed by atoms with van der Waals surface area (Å²) in [5.74, 6) is -4.41. The van der Waals surface area contributed by atoms with Crippen LogP contribution in [0.4, 0.5) is 50.0 Å². The van der Waals surface area contributed by atoms with Gasteiger partial charge in [0.25, 0.3) is 0 Å². The Hall–Kier alpha value is -5.45. The Morgan fingerprint density at radius 3 is 2.02 bits per heavy atom. The molecule has 1 unspecified atom stereocenters. The Balaban J connectivity index is 1.67. The van der Waals surface area contributed by atoms with Gasteiger partial charge in [-0.3, -0.25) is 4.90 Å². The number of carbonyl (C=O) groups excluding carboxylic acids is 1. The molecule has 1 aliphatic rings. The van der Waals surface area contributed by atoms with E-state index in [1.165, 1.54) is 13.0 Å². The average Bonchev–Trinajstić information content (AvgIpc) is 3.09. The van der Waals surface area contributed by atoms with E-state index in [1.54, 1.807) is 30.3 Å². The number of hydrogen-bond donors (Lipinski definition) is 2. The van der Waals surface area contributed by atoms with Crippen molar-refractivity contribution >= 4 is 23.8 Å². The number of carboxylic acid groups (broad SMARTS) is 1. The van der Waals surface area contributed by atoms with E-state index < -0.39 is 82.6 Å². The molecule has 3 N–H and O–H groups in total. The molecule has 1 aliphatic heterocycles. The zero-order chi connectivity index (χ0) is 38.9. The summed E-state index contributed by atoms with van der Waals surface area (Å²) in [6.45, 7) is 1.42. The molecule has 0 spiro atoms. The van der Waals surface area contributed by atoms with Gasteiger partial charge in [-0.15, -0.1) is 0 Å². The third-order valence-electron chi connectivity index (χ3n) is 8.79. The van der Waals surface area contributed by atoms with Crippen molar-refractivity contribution in [1.29, 1.82) is 0 Å². The van der Waals surface area contributed by atoms with Crippen LogP contribution >= 0.6 is 0 Å². The van der Waals surface area contributed by atoms with Crippen molar-refractivity contribution in [3.05, 3.63) is 130 Å². The summed E-state index contributed by atoms with van der Waals surface area (Å²) in [7, 11) is 0. The van der Waals surface area contributed by atoms with Crippen molar-refractivity contribution in [2.24, 2.45) is 5.73 Å². The minimum atomic E-state index is -5.29. The first-order chi connectivity index (χ1) is 24.7. The number of carbonyl (C=O) groups is 2. The van der Waals surface area contributed by atoms with Gasteiger partial charge in [-0.2, -0.15) is 39.5 Å². The number of anilines is 1. The maximum Gasteiger partial charge on any atom is 0.416 e. The monoisotopic (exact) mass is 752 g/mol. The molecular weight excluding hydrogens is 723 g/mol. The number of amides is 1. The maximum absolute atomic E-state index is 14.1. The van der Waals surface area contributed by atoms with Crippen LogP contribution in [0.5, 0.6) is 0 Å². The van der Waals surface area contributed by atoms with E-state index in [-0.39, 0.29) is 35.9 Å². The SMILES string of the molecule is CC[C@]1(N)C[C@@H](C(c2cc(C(F)(F)F)cc(C(F)(F)F)c2)c2ncc(C=CC(=O)OCc3ccccc3)cn2)c2cc(C(F)(F)F)ccc2N1C(=O)O. The standard InChI is InChI=1S/C36H29F9N4O4/c1-2-33(46)16-27(26-15-23(34(37,38)39)9-10-28(26)49(33)32(51)52)30(22-12-24(35(40,41)42)14-25(13-22)36(43,44)45)31-47-17-21(18-48-31)8-11-29(50)53-19-20-6-4-3-5-7-20/h3-15,17-18,27,30H,2,16,19,46H2,1H3,(H,51,52)/t27-,30?,33-/m1/s1. The Morgan fingerprint density at radius 1 is 0.906 bits per heavy atom. The molecular formula is C36H29F9N4O4. The van der Waals surface area contributed by atoms with Gasteiger partial charge >= 0.3 is 30.6 Å². The van der Waals surface area contributed by atoms with Crippen LogP contribution in [0, 0.1) is 0 Å². The molecule has 0 fully saturated rings. The number of halogens is 9. The summed E-state index contributed by atoms with van der Waals surface area (Å²) in [6, 6.07) is 11.5. The number of fused-ring (bicyclic) bond motifs is 1. The molecule has 2 heterocycles. The molecule has 53 heavy (non-hydrogen) atoms. The van der Waals surface area contributed by atoms with E-state index in [0.29, 0.717) is 34.7 Å². The highest BCUT2D eigenvalue weighted by atomic mass is 19.4. The predicted octanol–water partition coefficient (Wildman–Crippen LogP) is 9.16. The summed E-state index contributed by atoms with van der Waals surface area (Å²) in [6.07, 6.45) is -13.5. The van der Waals surface area contributed by atoms with Gasteiger partial charge in [0.15, 0.2) is 0 Å². The normalized spacial score (nSPS) is 18.5. The molecule has 280 valence electrons. The Bertz CT molecular complexity index is 1970. The topological polar surface area (TPSA) is 119 Å². The van der Waals surface area contributed by atoms with Crippen molar-refractivity contribution in [2.75, 3.05) is 4.90 Å². The van der Waals surface area contributed by atoms with Gasteiger partial charge in [0, 0.05) is 30.0 Å². The van der Waals surface area contributed by atoms with E-state index in [1.807, 2.05) is 0 Å². The van der Waals surface area contributed by atoms with Gasteiger partial charge in [0.05, 0.1) is 34.0 Å². The zero-order valence-electron chi connectivity index (χ0n) is 27.4. The molecule has 0 saturated heterocycles. The highest BCUT2D eigenvalue weighted by Crippen LogP contribution is 2.52. The number of hydrogen-bond acceptors (Lipinski definition) is 6. The molecule has 1 aromatic heterocycles. The molecule has 8 nitrogen and oxygen atoms in total. The summed E-state index contributed by atoms with van der Waals surface area (Å²) >= 11 is 0. The number of ether oxygens (including phenoxy) is 1. The third kappa shape index (κ3) is 8.62. The highest BCUT2D eigenvalue weighted by Gasteiger charge is 2.49. The lowest BCUT2D eigenvalue weighted by Gasteiger charge is -2.48. The Kier molecular flexibility index (Phi) is 10.6. The van der Waals surface area contributed by atoms with Crippen LogP contribution < -0.4 is 10.6 Å². The summed E-state index contributed by atoms with van der Waals surface area (Å²) in [5, 5.41) is 10.1. The first-order valence-corrected chi connectivity index (χ1v) is 15.7. The predicted molar refractivity (Wildman–Crippen MR) is 172 cm³/mol. The molecule has 0 bridgehead atoms. The second-order valence-corrected chi connectivity index (χ2v) is 12.3. The summed E-state index contributed by atoms with van der Waals surface area (Å²) < 4.78 is 132.